The minimum absolute atomic E-state index is 0.112. The van der Waals surface area contributed by atoms with E-state index in [-0.39, 0.29) is 23.6 Å². The number of likely N-dealkylation sites (tertiary alicyclic amines) is 2. The van der Waals surface area contributed by atoms with Crippen molar-refractivity contribution in [2.45, 2.75) is 50.6 Å². The van der Waals surface area contributed by atoms with Crippen LogP contribution < -0.4 is 10.6 Å². The first-order valence-corrected chi connectivity index (χ1v) is 20.8. The number of carbonyl (C=O) groups excluding carboxylic acids is 4. The Hall–Kier alpha value is -7.06. The molecule has 0 saturated carbocycles. The van der Waals surface area contributed by atoms with Gasteiger partial charge in [0.25, 0.3) is 11.8 Å². The monoisotopic (exact) mass is 792 g/mol. The van der Waals surface area contributed by atoms with Gasteiger partial charge in [0, 0.05) is 35.6 Å². The number of nitrogens with zero attached hydrogens (tertiary/aromatic N) is 2. The molecule has 0 bridgehead atoms. The van der Waals surface area contributed by atoms with Gasteiger partial charge in [-0.25, -0.2) is 0 Å². The first-order chi connectivity index (χ1) is 29.4. The van der Waals surface area contributed by atoms with Crippen molar-refractivity contribution in [3.05, 3.63) is 202 Å². The molecule has 8 heteroatoms. The number of amides is 4. The van der Waals surface area contributed by atoms with Crippen LogP contribution in [0, 0.1) is 0 Å². The lowest BCUT2D eigenvalue weighted by molar-refractivity contribution is -0.120. The van der Waals surface area contributed by atoms with Crippen LogP contribution >= 0.6 is 0 Å². The molecule has 2 aliphatic rings. The third kappa shape index (κ3) is 9.45. The Bertz CT molecular complexity index is 2310. The second-order valence-electron chi connectivity index (χ2n) is 15.5. The zero-order valence-corrected chi connectivity index (χ0v) is 33.5. The predicted octanol–water partition coefficient (Wildman–Crippen LogP) is 9.53. The maximum Gasteiger partial charge on any atom is 0.254 e. The quantitative estimate of drug-likeness (QED) is 0.121. The van der Waals surface area contributed by atoms with Crippen molar-refractivity contribution >= 4 is 47.2 Å². The number of hydrogen-bond acceptors (Lipinski definition) is 4. The van der Waals surface area contributed by atoms with Gasteiger partial charge < -0.3 is 20.4 Å². The Morgan fingerprint density at radius 3 is 1.23 bits per heavy atom. The van der Waals surface area contributed by atoms with Crippen LogP contribution in [0.3, 0.4) is 0 Å². The molecule has 300 valence electrons. The maximum atomic E-state index is 13.8. The molecule has 2 heterocycles. The smallest absolute Gasteiger partial charge is 0.254 e. The molecule has 0 aliphatic carbocycles. The second kappa shape index (κ2) is 18.7. The summed E-state index contributed by atoms with van der Waals surface area (Å²) in [6.45, 7) is 1.08. The fraction of sp³-hybridized carbons (Fsp3) is 0.192. The van der Waals surface area contributed by atoms with E-state index in [0.29, 0.717) is 61.3 Å². The highest BCUT2D eigenvalue weighted by Crippen LogP contribution is 2.27. The summed E-state index contributed by atoms with van der Waals surface area (Å²) in [7, 11) is 0. The Morgan fingerprint density at radius 1 is 0.467 bits per heavy atom. The molecule has 2 fully saturated rings. The summed E-state index contributed by atoms with van der Waals surface area (Å²) in [5, 5.41) is 6.07. The van der Waals surface area contributed by atoms with E-state index in [1.165, 1.54) is 0 Å². The van der Waals surface area contributed by atoms with Crippen LogP contribution in [0.5, 0.6) is 0 Å². The minimum atomic E-state index is -0.540. The van der Waals surface area contributed by atoms with Crippen LogP contribution in [0.15, 0.2) is 158 Å². The van der Waals surface area contributed by atoms with Gasteiger partial charge in [0.2, 0.25) is 11.8 Å². The molecule has 6 aromatic rings. The van der Waals surface area contributed by atoms with Crippen molar-refractivity contribution in [2.75, 3.05) is 23.7 Å². The summed E-state index contributed by atoms with van der Waals surface area (Å²) < 4.78 is 0. The number of carbonyl (C=O) groups is 4. The van der Waals surface area contributed by atoms with Gasteiger partial charge in [0.05, 0.1) is 0 Å². The Kier molecular flexibility index (Phi) is 12.4. The number of benzene rings is 6. The molecule has 6 aromatic carbocycles. The highest BCUT2D eigenvalue weighted by atomic mass is 16.2. The molecule has 0 radical (unpaired) electrons. The first-order valence-electron chi connectivity index (χ1n) is 20.8. The molecule has 8 nitrogen and oxygen atoms in total. The lowest BCUT2D eigenvalue weighted by Gasteiger charge is -2.25. The van der Waals surface area contributed by atoms with Crippen LogP contribution in [0.4, 0.5) is 11.4 Å². The van der Waals surface area contributed by atoms with Crippen molar-refractivity contribution in [2.24, 2.45) is 0 Å². The number of nitrogens with one attached hydrogen (secondary N) is 2. The van der Waals surface area contributed by atoms with Crippen molar-refractivity contribution in [1.29, 1.82) is 0 Å². The molecule has 4 amide bonds. The number of hydrogen-bond donors (Lipinski definition) is 2. The topological polar surface area (TPSA) is 98.8 Å². The Labute approximate surface area is 351 Å². The van der Waals surface area contributed by atoms with Crippen molar-refractivity contribution in [1.82, 2.24) is 9.80 Å². The van der Waals surface area contributed by atoms with Gasteiger partial charge in [-0.15, -0.1) is 0 Å². The predicted molar refractivity (Wildman–Crippen MR) is 239 cm³/mol. The Morgan fingerprint density at radius 2 is 0.833 bits per heavy atom. The summed E-state index contributed by atoms with van der Waals surface area (Å²) in [5.74, 6) is -0.597. The SMILES string of the molecule is O=C(Nc1ccc(/C=C/c2ccc(NC(=O)[C@@H]3CCCN3C(=O)c3ccccc3Cc3ccccc3)cc2)cc1)[C@@H]1CCCN1C(=O)c1ccccc1Cc1ccccc1. The molecular formula is C52H48N4O4. The van der Waals surface area contributed by atoms with Gasteiger partial charge in [0.1, 0.15) is 12.1 Å². The summed E-state index contributed by atoms with van der Waals surface area (Å²) >= 11 is 0. The van der Waals surface area contributed by atoms with Crippen LogP contribution in [-0.2, 0) is 22.4 Å². The highest BCUT2D eigenvalue weighted by Gasteiger charge is 2.36. The largest absolute Gasteiger partial charge is 0.327 e. The van der Waals surface area contributed by atoms with Crippen LogP contribution in [0.25, 0.3) is 12.2 Å². The zero-order valence-electron chi connectivity index (χ0n) is 33.5. The van der Waals surface area contributed by atoms with Gasteiger partial charge in [-0.1, -0.05) is 133 Å². The molecule has 2 N–H and O–H groups in total. The van der Waals surface area contributed by atoms with E-state index in [9.17, 15) is 19.2 Å². The fourth-order valence-corrected chi connectivity index (χ4v) is 8.27. The van der Waals surface area contributed by atoms with Crippen LogP contribution in [-0.4, -0.2) is 58.6 Å². The van der Waals surface area contributed by atoms with E-state index in [4.69, 9.17) is 0 Å². The van der Waals surface area contributed by atoms with E-state index < -0.39 is 12.1 Å². The van der Waals surface area contributed by atoms with Crippen LogP contribution in [0.2, 0.25) is 0 Å². The van der Waals surface area contributed by atoms with Gasteiger partial charge >= 0.3 is 0 Å². The molecule has 2 saturated heterocycles. The molecule has 60 heavy (non-hydrogen) atoms. The van der Waals surface area contributed by atoms with Gasteiger partial charge in [0.15, 0.2) is 0 Å². The van der Waals surface area contributed by atoms with E-state index in [1.807, 2.05) is 146 Å². The standard InChI is InChI=1S/C52H48N4O4/c57-49(47-21-11-33-55(47)51(59)45-19-9-7-17-41(45)35-39-13-3-1-4-14-39)53-43-29-25-37(26-30-43)23-24-38-27-31-44(32-28-38)54-50(58)48-22-12-34-56(48)52(60)46-20-10-8-18-42(46)36-40-15-5-2-6-16-40/h1-10,13-20,23-32,47-48H,11-12,21-22,33-36H2,(H,53,57)(H,54,58)/b24-23+/t47-,48-/m0/s1. The van der Waals surface area contributed by atoms with Crippen molar-refractivity contribution in [3.8, 4) is 0 Å². The van der Waals surface area contributed by atoms with Crippen molar-refractivity contribution in [3.63, 3.8) is 0 Å². The Balaban J connectivity index is 0.842. The molecule has 2 aliphatic heterocycles. The molecule has 0 aromatic heterocycles. The second-order valence-corrected chi connectivity index (χ2v) is 15.5. The molecular weight excluding hydrogens is 745 g/mol. The first kappa shape index (κ1) is 39.8. The maximum absolute atomic E-state index is 13.8. The van der Waals surface area contributed by atoms with E-state index in [2.05, 4.69) is 34.9 Å². The normalized spacial score (nSPS) is 16.2. The van der Waals surface area contributed by atoms with E-state index in [1.54, 1.807) is 9.80 Å². The summed E-state index contributed by atoms with van der Waals surface area (Å²) in [6.07, 6.45) is 8.04. The average molecular weight is 793 g/mol. The molecule has 0 unspecified atom stereocenters. The van der Waals surface area contributed by atoms with Gasteiger partial charge in [-0.2, -0.15) is 0 Å². The average Bonchev–Trinajstić information content (AvgIpc) is 3.99. The van der Waals surface area contributed by atoms with Crippen LogP contribution in [0.1, 0.15) is 79.8 Å². The number of anilines is 2. The third-order valence-electron chi connectivity index (χ3n) is 11.4. The van der Waals surface area contributed by atoms with E-state index in [0.717, 1.165) is 46.2 Å². The minimum Gasteiger partial charge on any atom is -0.327 e. The fourth-order valence-electron chi connectivity index (χ4n) is 8.27. The van der Waals surface area contributed by atoms with E-state index >= 15 is 0 Å². The number of rotatable bonds is 12. The summed E-state index contributed by atoms with van der Waals surface area (Å²) in [5.41, 5.74) is 8.67. The molecule has 8 rings (SSSR count). The highest BCUT2D eigenvalue weighted by molar-refractivity contribution is 6.03. The zero-order chi connectivity index (χ0) is 41.3. The van der Waals surface area contributed by atoms with Gasteiger partial charge in [-0.3, -0.25) is 19.2 Å². The third-order valence-corrected chi connectivity index (χ3v) is 11.4. The van der Waals surface area contributed by atoms with Crippen molar-refractivity contribution < 1.29 is 19.2 Å². The molecule has 0 spiro atoms. The summed E-state index contributed by atoms with van der Waals surface area (Å²) in [4.78, 5) is 58.1. The van der Waals surface area contributed by atoms with Gasteiger partial charge in [-0.05, 0) is 108 Å². The lowest BCUT2D eigenvalue weighted by atomic mass is 9.98. The summed E-state index contributed by atoms with van der Waals surface area (Å²) in [6, 6.07) is 49.6. The molecule has 2 atom stereocenters. The lowest BCUT2D eigenvalue weighted by Crippen LogP contribution is -2.43.